The Balaban J connectivity index is 1.72. The Labute approximate surface area is 153 Å². The van der Waals surface area contributed by atoms with Crippen molar-refractivity contribution in [2.75, 3.05) is 0 Å². The SMILES string of the molecule is C[C@@]1(O)[C@H]2C(=O)[C@H]3C[C@]1(c1ccccc1)C[C@H](C3=O)C2c1ccccc1. The molecule has 26 heavy (non-hydrogen) atoms. The van der Waals surface area contributed by atoms with E-state index in [1.54, 1.807) is 0 Å². The number of rotatable bonds is 2. The zero-order valence-corrected chi connectivity index (χ0v) is 14.8. The van der Waals surface area contributed by atoms with E-state index < -0.39 is 22.9 Å². The molecule has 4 fully saturated rings. The van der Waals surface area contributed by atoms with Crippen LogP contribution in [0.4, 0.5) is 0 Å². The van der Waals surface area contributed by atoms with Crippen LogP contribution in [0.25, 0.3) is 0 Å². The molecule has 1 unspecified atom stereocenters. The first kappa shape index (κ1) is 16.0. The van der Waals surface area contributed by atoms with Crippen molar-refractivity contribution in [1.29, 1.82) is 0 Å². The maximum Gasteiger partial charge on any atom is 0.149 e. The second-order valence-corrected chi connectivity index (χ2v) is 8.38. The highest BCUT2D eigenvalue weighted by Gasteiger charge is 2.72. The van der Waals surface area contributed by atoms with Crippen molar-refractivity contribution in [3.63, 3.8) is 0 Å². The van der Waals surface area contributed by atoms with E-state index in [1.807, 2.05) is 67.6 Å². The molecule has 4 saturated carbocycles. The summed E-state index contributed by atoms with van der Waals surface area (Å²) in [6.45, 7) is 1.82. The van der Waals surface area contributed by atoms with Crippen LogP contribution < -0.4 is 0 Å². The van der Waals surface area contributed by atoms with E-state index >= 15 is 0 Å². The predicted molar refractivity (Wildman–Crippen MR) is 97.6 cm³/mol. The molecule has 4 aliphatic carbocycles. The van der Waals surface area contributed by atoms with Gasteiger partial charge in [0.25, 0.3) is 0 Å². The minimum atomic E-state index is -1.17. The van der Waals surface area contributed by atoms with E-state index in [2.05, 4.69) is 0 Å². The summed E-state index contributed by atoms with van der Waals surface area (Å²) in [5.41, 5.74) is 0.351. The highest BCUT2D eigenvalue weighted by Crippen LogP contribution is 2.66. The lowest BCUT2D eigenvalue weighted by atomic mass is 9.38. The first-order valence-electron chi connectivity index (χ1n) is 9.38. The van der Waals surface area contributed by atoms with Gasteiger partial charge in [-0.05, 0) is 30.9 Å². The van der Waals surface area contributed by atoms with Crippen LogP contribution >= 0.6 is 0 Å². The van der Waals surface area contributed by atoms with Crippen molar-refractivity contribution in [2.24, 2.45) is 17.8 Å². The molecular weight excluding hydrogens is 324 g/mol. The van der Waals surface area contributed by atoms with Crippen LogP contribution in [0.5, 0.6) is 0 Å². The molecular formula is C23H22O3. The molecule has 6 rings (SSSR count). The van der Waals surface area contributed by atoms with Gasteiger partial charge in [0.15, 0.2) is 0 Å². The fourth-order valence-corrected chi connectivity index (χ4v) is 6.16. The molecule has 0 saturated heterocycles. The maximum absolute atomic E-state index is 13.2. The number of hydrogen-bond acceptors (Lipinski definition) is 3. The third kappa shape index (κ3) is 1.77. The first-order valence-corrected chi connectivity index (χ1v) is 9.38. The summed E-state index contributed by atoms with van der Waals surface area (Å²) in [5.74, 6) is -1.48. The number of benzene rings is 2. The van der Waals surface area contributed by atoms with Crippen molar-refractivity contribution < 1.29 is 14.7 Å². The lowest BCUT2D eigenvalue weighted by Gasteiger charge is -2.65. The molecule has 6 atom stereocenters. The largest absolute Gasteiger partial charge is 0.388 e. The molecule has 0 aromatic heterocycles. The Kier molecular flexibility index (Phi) is 3.15. The van der Waals surface area contributed by atoms with Gasteiger partial charge in [0.1, 0.15) is 11.6 Å². The summed E-state index contributed by atoms with van der Waals surface area (Å²) in [5, 5.41) is 11.8. The number of aliphatic hydroxyl groups is 1. The summed E-state index contributed by atoms with van der Waals surface area (Å²) in [4.78, 5) is 26.2. The van der Waals surface area contributed by atoms with Gasteiger partial charge in [-0.3, -0.25) is 9.59 Å². The third-order valence-corrected chi connectivity index (χ3v) is 7.36. The van der Waals surface area contributed by atoms with Crippen LogP contribution in [0.2, 0.25) is 0 Å². The quantitative estimate of drug-likeness (QED) is 0.849. The molecule has 4 bridgehead atoms. The Bertz CT molecular complexity index is 886. The normalized spacial score (nSPS) is 40.8. The summed E-state index contributed by atoms with van der Waals surface area (Å²) in [6, 6.07) is 19.8. The van der Waals surface area contributed by atoms with Gasteiger partial charge in [0.05, 0.1) is 17.4 Å². The van der Waals surface area contributed by atoms with Gasteiger partial charge in [-0.25, -0.2) is 0 Å². The van der Waals surface area contributed by atoms with Crippen molar-refractivity contribution >= 4 is 11.6 Å². The minimum Gasteiger partial charge on any atom is -0.388 e. The second kappa shape index (κ2) is 5.14. The average molecular weight is 346 g/mol. The van der Waals surface area contributed by atoms with Crippen molar-refractivity contribution in [3.05, 3.63) is 71.8 Å². The molecule has 1 N–H and O–H groups in total. The molecule has 2 aromatic rings. The first-order chi connectivity index (χ1) is 12.5. The number of carbonyl (C=O) groups is 2. The Morgan fingerprint density at radius 1 is 0.885 bits per heavy atom. The Morgan fingerprint density at radius 3 is 2.15 bits per heavy atom. The van der Waals surface area contributed by atoms with E-state index in [1.165, 1.54) is 0 Å². The topological polar surface area (TPSA) is 54.4 Å². The van der Waals surface area contributed by atoms with E-state index in [0.29, 0.717) is 12.8 Å². The molecule has 0 amide bonds. The summed E-state index contributed by atoms with van der Waals surface area (Å²) < 4.78 is 0. The third-order valence-electron chi connectivity index (χ3n) is 7.36. The molecule has 132 valence electrons. The van der Waals surface area contributed by atoms with Gasteiger partial charge < -0.3 is 5.11 Å². The zero-order chi connectivity index (χ0) is 18.1. The van der Waals surface area contributed by atoms with Gasteiger partial charge in [0, 0.05) is 17.3 Å². The number of Topliss-reactive ketones (excluding diaryl/α,β-unsaturated/α-hetero) is 2. The molecule has 4 aliphatic rings. The molecule has 0 radical (unpaired) electrons. The highest BCUT2D eigenvalue weighted by atomic mass is 16.3. The zero-order valence-electron chi connectivity index (χ0n) is 14.8. The van der Waals surface area contributed by atoms with Crippen molar-refractivity contribution in [3.8, 4) is 0 Å². The van der Waals surface area contributed by atoms with E-state index in [0.717, 1.165) is 11.1 Å². The highest BCUT2D eigenvalue weighted by molar-refractivity contribution is 6.10. The standard InChI is InChI=1S/C23H22O3/c1-22(26)19-18(14-8-4-2-5-9-14)16-12-23(22,15-10-6-3-7-11-15)13-17(20(16)24)21(19)25/h2-11,16-19,26H,12-13H2,1H3/t16-,17-,18?,19+,22+,23-/m0/s1. The van der Waals surface area contributed by atoms with Gasteiger partial charge in [-0.1, -0.05) is 60.7 Å². The lowest BCUT2D eigenvalue weighted by molar-refractivity contribution is -0.194. The molecule has 0 heterocycles. The van der Waals surface area contributed by atoms with Crippen LogP contribution in [0.1, 0.15) is 36.8 Å². The smallest absolute Gasteiger partial charge is 0.149 e. The van der Waals surface area contributed by atoms with Gasteiger partial charge in [-0.15, -0.1) is 0 Å². The van der Waals surface area contributed by atoms with Crippen molar-refractivity contribution in [1.82, 2.24) is 0 Å². The summed E-state index contributed by atoms with van der Waals surface area (Å²) >= 11 is 0. The number of ketones is 2. The summed E-state index contributed by atoms with van der Waals surface area (Å²) in [7, 11) is 0. The Morgan fingerprint density at radius 2 is 1.50 bits per heavy atom. The molecule has 2 aromatic carbocycles. The molecule has 0 spiro atoms. The predicted octanol–water partition coefficient (Wildman–Crippen LogP) is 3.27. The van der Waals surface area contributed by atoms with Crippen LogP contribution in [0, 0.1) is 17.8 Å². The summed E-state index contributed by atoms with van der Waals surface area (Å²) in [6.07, 6.45) is 1.05. The molecule has 0 aliphatic heterocycles. The van der Waals surface area contributed by atoms with Crippen LogP contribution in [0.15, 0.2) is 60.7 Å². The molecule has 3 nitrogen and oxygen atoms in total. The number of hydrogen-bond donors (Lipinski definition) is 1. The lowest BCUT2D eigenvalue weighted by Crippen LogP contribution is -2.73. The van der Waals surface area contributed by atoms with Gasteiger partial charge in [0.2, 0.25) is 0 Å². The van der Waals surface area contributed by atoms with E-state index in [4.69, 9.17) is 0 Å². The van der Waals surface area contributed by atoms with Gasteiger partial charge in [-0.2, -0.15) is 0 Å². The fraction of sp³-hybridized carbons (Fsp3) is 0.391. The van der Waals surface area contributed by atoms with Crippen molar-refractivity contribution in [2.45, 2.75) is 36.7 Å². The van der Waals surface area contributed by atoms with E-state index in [9.17, 15) is 14.7 Å². The minimum absolute atomic E-state index is 0.0589. The monoisotopic (exact) mass is 346 g/mol. The molecule has 3 heteroatoms. The fourth-order valence-electron chi connectivity index (χ4n) is 6.16. The van der Waals surface area contributed by atoms with E-state index in [-0.39, 0.29) is 23.4 Å². The van der Waals surface area contributed by atoms with Gasteiger partial charge >= 0.3 is 0 Å². The second-order valence-electron chi connectivity index (χ2n) is 8.38. The van der Waals surface area contributed by atoms with Crippen LogP contribution in [-0.2, 0) is 15.0 Å². The van der Waals surface area contributed by atoms with Crippen LogP contribution in [0.3, 0.4) is 0 Å². The Hall–Kier alpha value is -2.26. The maximum atomic E-state index is 13.2. The average Bonchev–Trinajstić information content (AvgIpc) is 2.65. The van der Waals surface area contributed by atoms with Crippen LogP contribution in [-0.4, -0.2) is 22.3 Å². The number of carbonyl (C=O) groups excluding carboxylic acids is 2.